The number of carbonyl (C=O) groups is 1. The maximum Gasteiger partial charge on any atom is 0.256 e. The molecule has 0 radical (unpaired) electrons. The Morgan fingerprint density at radius 3 is 2.83 bits per heavy atom. The number of nitrogens with one attached hydrogen (secondary N) is 2. The SMILES string of the molecule is CCCCCCOc1ccc([C@]2(C)CC(c3ncc(C4CC4)s3)=C(c3nn[nH]n3)C(=O)N2)c(Cl)c1. The number of H-pyrrole nitrogens is 1. The number of thiazole rings is 1. The number of halogens is 1. The van der Waals surface area contributed by atoms with E-state index in [1.54, 1.807) is 11.3 Å². The number of tetrazole rings is 1. The van der Waals surface area contributed by atoms with Gasteiger partial charge in [-0.15, -0.1) is 21.5 Å². The van der Waals surface area contributed by atoms with Gasteiger partial charge in [-0.2, -0.15) is 5.21 Å². The van der Waals surface area contributed by atoms with Gasteiger partial charge < -0.3 is 10.1 Å². The van der Waals surface area contributed by atoms with Crippen molar-refractivity contribution in [2.75, 3.05) is 6.61 Å². The van der Waals surface area contributed by atoms with Crippen LogP contribution in [0.5, 0.6) is 5.75 Å². The molecule has 0 bridgehead atoms. The van der Waals surface area contributed by atoms with Crippen LogP contribution in [0.1, 0.15) is 86.0 Å². The fourth-order valence-corrected chi connectivity index (χ4v) is 6.03. The summed E-state index contributed by atoms with van der Waals surface area (Å²) < 4.78 is 5.90. The van der Waals surface area contributed by atoms with Crippen LogP contribution >= 0.6 is 22.9 Å². The maximum atomic E-state index is 13.4. The number of aromatic nitrogens is 5. The second kappa shape index (κ2) is 10.1. The van der Waals surface area contributed by atoms with E-state index in [1.807, 2.05) is 31.3 Å². The fourth-order valence-electron chi connectivity index (χ4n) is 4.52. The van der Waals surface area contributed by atoms with Gasteiger partial charge in [0, 0.05) is 28.1 Å². The average molecular weight is 513 g/mol. The summed E-state index contributed by atoms with van der Waals surface area (Å²) in [6.45, 7) is 4.84. The molecule has 8 nitrogen and oxygen atoms in total. The molecule has 2 aliphatic rings. The van der Waals surface area contributed by atoms with Gasteiger partial charge in [0.05, 0.1) is 17.7 Å². The molecule has 5 rings (SSSR count). The lowest BCUT2D eigenvalue weighted by Gasteiger charge is -2.37. The highest BCUT2D eigenvalue weighted by Gasteiger charge is 2.41. The van der Waals surface area contributed by atoms with Gasteiger partial charge in [-0.25, -0.2) is 4.98 Å². The number of amides is 1. The Labute approximate surface area is 213 Å². The quantitative estimate of drug-likeness (QED) is 0.348. The molecule has 10 heteroatoms. The molecule has 0 saturated heterocycles. The smallest absolute Gasteiger partial charge is 0.256 e. The van der Waals surface area contributed by atoms with Gasteiger partial charge in [0.1, 0.15) is 10.8 Å². The van der Waals surface area contributed by atoms with Crippen molar-refractivity contribution in [3.05, 3.63) is 50.7 Å². The maximum absolute atomic E-state index is 13.4. The van der Waals surface area contributed by atoms with Crippen LogP contribution < -0.4 is 10.1 Å². The average Bonchev–Trinajstić information content (AvgIpc) is 3.32. The third-order valence-corrected chi connectivity index (χ3v) is 8.11. The number of rotatable bonds is 10. The normalized spacial score (nSPS) is 20.3. The predicted octanol–water partition coefficient (Wildman–Crippen LogP) is 5.49. The molecule has 1 atom stereocenters. The zero-order valence-electron chi connectivity index (χ0n) is 19.9. The van der Waals surface area contributed by atoms with Gasteiger partial charge in [-0.3, -0.25) is 4.79 Å². The van der Waals surface area contributed by atoms with Crippen LogP contribution in [-0.2, 0) is 10.3 Å². The van der Waals surface area contributed by atoms with Crippen molar-refractivity contribution < 1.29 is 9.53 Å². The number of aromatic amines is 1. The molecular formula is C25H29ClN6O2S. The van der Waals surface area contributed by atoms with Crippen molar-refractivity contribution in [1.82, 2.24) is 30.9 Å². The number of nitrogens with zero attached hydrogens (tertiary/aromatic N) is 4. The van der Waals surface area contributed by atoms with Crippen LogP contribution in [-0.4, -0.2) is 38.1 Å². The first-order valence-electron chi connectivity index (χ1n) is 12.2. The van der Waals surface area contributed by atoms with Crippen LogP contribution in [0.3, 0.4) is 0 Å². The highest BCUT2D eigenvalue weighted by molar-refractivity contribution is 7.13. The van der Waals surface area contributed by atoms with Gasteiger partial charge in [0.25, 0.3) is 5.91 Å². The van der Waals surface area contributed by atoms with Crippen molar-refractivity contribution >= 4 is 40.0 Å². The number of benzene rings is 1. The second-order valence-electron chi connectivity index (χ2n) is 9.44. The van der Waals surface area contributed by atoms with E-state index in [-0.39, 0.29) is 11.7 Å². The first-order valence-corrected chi connectivity index (χ1v) is 13.4. The van der Waals surface area contributed by atoms with Crippen LogP contribution in [0.2, 0.25) is 5.02 Å². The van der Waals surface area contributed by atoms with Crippen LogP contribution in [0.15, 0.2) is 24.4 Å². The Morgan fingerprint density at radius 2 is 2.11 bits per heavy atom. The Bertz CT molecular complexity index is 1240. The zero-order chi connectivity index (χ0) is 24.4. The summed E-state index contributed by atoms with van der Waals surface area (Å²) in [5, 5.41) is 18.8. The van der Waals surface area contributed by atoms with Gasteiger partial charge in [0.15, 0.2) is 0 Å². The van der Waals surface area contributed by atoms with Crippen LogP contribution in [0.4, 0.5) is 0 Å². The highest BCUT2D eigenvalue weighted by atomic mass is 35.5. The van der Waals surface area contributed by atoms with E-state index in [2.05, 4.69) is 37.8 Å². The number of ether oxygens (including phenoxy) is 1. The van der Waals surface area contributed by atoms with Crippen LogP contribution in [0.25, 0.3) is 11.1 Å². The Balaban J connectivity index is 1.44. The van der Waals surface area contributed by atoms with Crippen molar-refractivity contribution in [2.45, 2.75) is 70.3 Å². The van der Waals surface area contributed by atoms with E-state index in [0.29, 0.717) is 29.5 Å². The molecule has 184 valence electrons. The molecule has 1 aromatic carbocycles. The third-order valence-electron chi connectivity index (χ3n) is 6.58. The van der Waals surface area contributed by atoms with E-state index in [0.717, 1.165) is 34.7 Å². The standard InChI is InChI=1S/C25H29ClN6O2S/c1-3-4-5-6-11-34-16-9-10-18(19(26)12-16)25(2)13-17(24-27-14-20(35-24)15-7-8-15)21(23(33)28-25)22-29-31-32-30-22/h9-10,12,14-15H,3-8,11,13H2,1-2H3,(H,28,33)(H,29,30,31,32)/t25-/m0/s1. The molecule has 0 unspecified atom stereocenters. The molecule has 2 N–H and O–H groups in total. The molecule has 1 amide bonds. The van der Waals surface area contributed by atoms with Gasteiger partial charge >= 0.3 is 0 Å². The Kier molecular flexibility index (Phi) is 6.88. The van der Waals surface area contributed by atoms with Crippen molar-refractivity contribution in [3.63, 3.8) is 0 Å². The summed E-state index contributed by atoms with van der Waals surface area (Å²) in [6.07, 6.45) is 9.40. The number of unbranched alkanes of at least 4 members (excludes halogenated alkanes) is 3. The summed E-state index contributed by atoms with van der Waals surface area (Å²) in [5.41, 5.74) is 1.30. The lowest BCUT2D eigenvalue weighted by atomic mass is 9.80. The molecule has 0 spiro atoms. The van der Waals surface area contributed by atoms with E-state index < -0.39 is 5.54 Å². The van der Waals surface area contributed by atoms with Gasteiger partial charge in [0.2, 0.25) is 5.82 Å². The molecule has 3 heterocycles. The fraction of sp³-hybridized carbons (Fsp3) is 0.480. The minimum atomic E-state index is -0.734. The first kappa shape index (κ1) is 23.9. The summed E-state index contributed by atoms with van der Waals surface area (Å²) in [5.74, 6) is 1.31. The Hall–Kier alpha value is -2.78. The lowest BCUT2D eigenvalue weighted by molar-refractivity contribution is -0.117. The predicted molar refractivity (Wildman–Crippen MR) is 136 cm³/mol. The molecule has 35 heavy (non-hydrogen) atoms. The minimum Gasteiger partial charge on any atom is -0.494 e. The lowest BCUT2D eigenvalue weighted by Crippen LogP contribution is -2.47. The van der Waals surface area contributed by atoms with E-state index in [1.165, 1.54) is 30.6 Å². The summed E-state index contributed by atoms with van der Waals surface area (Å²) in [6, 6.07) is 5.70. The third kappa shape index (κ3) is 5.11. The van der Waals surface area contributed by atoms with Gasteiger partial charge in [-0.1, -0.05) is 43.9 Å². The van der Waals surface area contributed by atoms with Gasteiger partial charge in [-0.05, 0) is 55.0 Å². The minimum absolute atomic E-state index is 0.264. The second-order valence-corrected chi connectivity index (χ2v) is 10.9. The topological polar surface area (TPSA) is 106 Å². The number of carbonyl (C=O) groups excluding carboxylic acids is 1. The Morgan fingerprint density at radius 1 is 1.26 bits per heavy atom. The molecule has 1 fully saturated rings. The van der Waals surface area contributed by atoms with E-state index in [9.17, 15) is 4.79 Å². The number of hydrogen-bond acceptors (Lipinski definition) is 7. The molecule has 1 saturated carbocycles. The molecule has 3 aromatic rings. The monoisotopic (exact) mass is 512 g/mol. The summed E-state index contributed by atoms with van der Waals surface area (Å²) in [7, 11) is 0. The molecular weight excluding hydrogens is 484 g/mol. The highest BCUT2D eigenvalue weighted by Crippen LogP contribution is 2.47. The van der Waals surface area contributed by atoms with E-state index in [4.69, 9.17) is 16.3 Å². The molecule has 2 aromatic heterocycles. The molecule has 1 aliphatic carbocycles. The first-order chi connectivity index (χ1) is 17.0. The zero-order valence-corrected chi connectivity index (χ0v) is 21.5. The van der Waals surface area contributed by atoms with Crippen molar-refractivity contribution in [1.29, 1.82) is 0 Å². The van der Waals surface area contributed by atoms with Crippen molar-refractivity contribution in [3.8, 4) is 5.75 Å². The summed E-state index contributed by atoms with van der Waals surface area (Å²) in [4.78, 5) is 19.4. The summed E-state index contributed by atoms with van der Waals surface area (Å²) >= 11 is 8.39. The number of hydrogen-bond donors (Lipinski definition) is 2. The largest absolute Gasteiger partial charge is 0.494 e. The van der Waals surface area contributed by atoms with Crippen LogP contribution in [0, 0.1) is 0 Å². The molecule has 1 aliphatic heterocycles. The van der Waals surface area contributed by atoms with E-state index >= 15 is 0 Å². The van der Waals surface area contributed by atoms with Crippen molar-refractivity contribution in [2.24, 2.45) is 0 Å².